The summed E-state index contributed by atoms with van der Waals surface area (Å²) in [6, 6.07) is 4.15. The fourth-order valence-electron chi connectivity index (χ4n) is 1.30. The molecule has 0 spiro atoms. The quantitative estimate of drug-likeness (QED) is 0.584. The second-order valence-corrected chi connectivity index (χ2v) is 5.38. The molecule has 7 nitrogen and oxygen atoms in total. The third-order valence-electron chi connectivity index (χ3n) is 2.37. The summed E-state index contributed by atoms with van der Waals surface area (Å²) in [5, 5.41) is 19.5. The van der Waals surface area contributed by atoms with Crippen molar-refractivity contribution < 1.29 is 18.4 Å². The SMILES string of the molecule is CC[C@@H](CO)NS(=O)(=O)c1cccc([N+](=O)[O-])c1. The van der Waals surface area contributed by atoms with Gasteiger partial charge in [0, 0.05) is 18.2 Å². The summed E-state index contributed by atoms with van der Waals surface area (Å²) in [6.45, 7) is 1.39. The maximum absolute atomic E-state index is 11.9. The number of hydrogen-bond donors (Lipinski definition) is 2. The second kappa shape index (κ2) is 5.89. The van der Waals surface area contributed by atoms with Crippen molar-refractivity contribution in [3.8, 4) is 0 Å². The highest BCUT2D eigenvalue weighted by Crippen LogP contribution is 2.17. The number of nitrogens with one attached hydrogen (secondary N) is 1. The minimum absolute atomic E-state index is 0.191. The Bertz CT molecular complexity index is 525. The lowest BCUT2D eigenvalue weighted by Crippen LogP contribution is -2.36. The Hall–Kier alpha value is -1.51. The van der Waals surface area contributed by atoms with Crippen molar-refractivity contribution in [3.63, 3.8) is 0 Å². The smallest absolute Gasteiger partial charge is 0.270 e. The van der Waals surface area contributed by atoms with E-state index >= 15 is 0 Å². The van der Waals surface area contributed by atoms with Gasteiger partial charge in [-0.3, -0.25) is 10.1 Å². The largest absolute Gasteiger partial charge is 0.395 e. The standard InChI is InChI=1S/C10H14N2O5S/c1-2-8(7-13)11-18(16,17)10-5-3-4-9(6-10)12(14)15/h3-6,8,11,13H,2,7H2,1H3/t8-/m0/s1. The zero-order valence-electron chi connectivity index (χ0n) is 9.74. The molecule has 0 amide bonds. The average Bonchev–Trinajstić information content (AvgIpc) is 2.36. The van der Waals surface area contributed by atoms with Crippen LogP contribution < -0.4 is 4.72 Å². The molecule has 1 atom stereocenters. The van der Waals surface area contributed by atoms with Gasteiger partial charge in [0.2, 0.25) is 10.0 Å². The first-order chi connectivity index (χ1) is 8.40. The van der Waals surface area contributed by atoms with Crippen molar-refractivity contribution in [1.29, 1.82) is 0 Å². The zero-order chi connectivity index (χ0) is 13.8. The number of aliphatic hydroxyl groups excluding tert-OH is 1. The molecule has 2 N–H and O–H groups in total. The third kappa shape index (κ3) is 3.49. The Labute approximate surface area is 105 Å². The van der Waals surface area contributed by atoms with Gasteiger partial charge in [-0.05, 0) is 12.5 Å². The molecule has 0 radical (unpaired) electrons. The molecule has 8 heteroatoms. The van der Waals surface area contributed by atoms with Crippen molar-refractivity contribution in [1.82, 2.24) is 4.72 Å². The summed E-state index contributed by atoms with van der Waals surface area (Å²) in [4.78, 5) is 9.71. The number of nitro groups is 1. The molecule has 1 rings (SSSR count). The van der Waals surface area contributed by atoms with Gasteiger partial charge in [0.05, 0.1) is 16.4 Å². The minimum Gasteiger partial charge on any atom is -0.395 e. The van der Waals surface area contributed by atoms with Gasteiger partial charge in [-0.2, -0.15) is 0 Å². The molecular formula is C10H14N2O5S. The maximum Gasteiger partial charge on any atom is 0.270 e. The summed E-state index contributed by atoms with van der Waals surface area (Å²) in [5.74, 6) is 0. The normalized spacial score (nSPS) is 13.2. The number of hydrogen-bond acceptors (Lipinski definition) is 5. The lowest BCUT2D eigenvalue weighted by molar-refractivity contribution is -0.385. The van der Waals surface area contributed by atoms with E-state index in [4.69, 9.17) is 5.11 Å². The van der Waals surface area contributed by atoms with E-state index in [-0.39, 0.29) is 17.2 Å². The highest BCUT2D eigenvalue weighted by atomic mass is 32.2. The topological polar surface area (TPSA) is 110 Å². The third-order valence-corrected chi connectivity index (χ3v) is 3.89. The Balaban J connectivity index is 3.05. The van der Waals surface area contributed by atoms with Crippen LogP contribution in [0.25, 0.3) is 0 Å². The lowest BCUT2D eigenvalue weighted by Gasteiger charge is -2.14. The number of aliphatic hydroxyl groups is 1. The molecule has 0 aliphatic rings. The van der Waals surface area contributed by atoms with E-state index in [1.54, 1.807) is 6.92 Å². The monoisotopic (exact) mass is 274 g/mol. The molecule has 0 saturated heterocycles. The van der Waals surface area contributed by atoms with E-state index in [9.17, 15) is 18.5 Å². The summed E-state index contributed by atoms with van der Waals surface area (Å²) >= 11 is 0. The number of nitro benzene ring substituents is 1. The molecule has 0 aliphatic carbocycles. The molecule has 0 saturated carbocycles. The summed E-state index contributed by atoms with van der Waals surface area (Å²) < 4.78 is 26.1. The molecule has 1 aromatic rings. The lowest BCUT2D eigenvalue weighted by atomic mass is 10.3. The molecule has 0 heterocycles. The summed E-state index contributed by atoms with van der Waals surface area (Å²) in [5.41, 5.74) is -0.296. The molecular weight excluding hydrogens is 260 g/mol. The molecule has 0 aromatic heterocycles. The number of benzene rings is 1. The van der Waals surface area contributed by atoms with Crippen LogP contribution in [0.5, 0.6) is 0 Å². The Morgan fingerprint density at radius 3 is 2.67 bits per heavy atom. The fourth-order valence-corrected chi connectivity index (χ4v) is 2.65. The van der Waals surface area contributed by atoms with Crippen LogP contribution in [0.15, 0.2) is 29.2 Å². The molecule has 18 heavy (non-hydrogen) atoms. The molecule has 0 unspecified atom stereocenters. The zero-order valence-corrected chi connectivity index (χ0v) is 10.6. The van der Waals surface area contributed by atoms with Gasteiger partial charge < -0.3 is 5.11 Å². The fraction of sp³-hybridized carbons (Fsp3) is 0.400. The summed E-state index contributed by atoms with van der Waals surface area (Å²) in [6.07, 6.45) is 0.421. The first kappa shape index (κ1) is 14.6. The average molecular weight is 274 g/mol. The number of rotatable bonds is 6. The Kier molecular flexibility index (Phi) is 4.76. The van der Waals surface area contributed by atoms with E-state index in [0.717, 1.165) is 6.07 Å². The van der Waals surface area contributed by atoms with Gasteiger partial charge in [-0.1, -0.05) is 13.0 Å². The maximum atomic E-state index is 11.9. The van der Waals surface area contributed by atoms with Gasteiger partial charge in [0.25, 0.3) is 5.69 Å². The van der Waals surface area contributed by atoms with Crippen LogP contribution >= 0.6 is 0 Å². The van der Waals surface area contributed by atoms with Crippen LogP contribution in [0.1, 0.15) is 13.3 Å². The van der Waals surface area contributed by atoms with Crippen LogP contribution in [-0.4, -0.2) is 31.1 Å². The predicted molar refractivity (Wildman–Crippen MR) is 64.6 cm³/mol. The molecule has 0 aliphatic heterocycles. The summed E-state index contributed by atoms with van der Waals surface area (Å²) in [7, 11) is -3.85. The number of nitrogens with zero attached hydrogens (tertiary/aromatic N) is 1. The van der Waals surface area contributed by atoms with Gasteiger partial charge in [-0.25, -0.2) is 13.1 Å². The van der Waals surface area contributed by atoms with E-state index in [0.29, 0.717) is 6.42 Å². The Morgan fingerprint density at radius 1 is 1.50 bits per heavy atom. The van der Waals surface area contributed by atoms with Crippen LogP contribution in [0, 0.1) is 10.1 Å². The second-order valence-electron chi connectivity index (χ2n) is 3.66. The molecule has 1 aromatic carbocycles. The number of non-ortho nitro benzene ring substituents is 1. The van der Waals surface area contributed by atoms with E-state index < -0.39 is 21.0 Å². The highest BCUT2D eigenvalue weighted by molar-refractivity contribution is 7.89. The van der Waals surface area contributed by atoms with Crippen LogP contribution in [0.4, 0.5) is 5.69 Å². The van der Waals surface area contributed by atoms with Crippen molar-refractivity contribution in [2.45, 2.75) is 24.3 Å². The van der Waals surface area contributed by atoms with Gasteiger partial charge >= 0.3 is 0 Å². The first-order valence-electron chi connectivity index (χ1n) is 5.28. The van der Waals surface area contributed by atoms with Gasteiger partial charge in [0.1, 0.15) is 0 Å². The number of sulfonamides is 1. The van der Waals surface area contributed by atoms with Crippen molar-refractivity contribution in [2.24, 2.45) is 0 Å². The van der Waals surface area contributed by atoms with Crippen LogP contribution in [-0.2, 0) is 10.0 Å². The van der Waals surface area contributed by atoms with Gasteiger partial charge in [-0.15, -0.1) is 0 Å². The highest BCUT2D eigenvalue weighted by Gasteiger charge is 2.20. The van der Waals surface area contributed by atoms with Crippen LogP contribution in [0.3, 0.4) is 0 Å². The van der Waals surface area contributed by atoms with Crippen molar-refractivity contribution in [2.75, 3.05) is 6.61 Å². The van der Waals surface area contributed by atoms with E-state index in [2.05, 4.69) is 4.72 Å². The predicted octanol–water partition coefficient (Wildman–Crippen LogP) is 0.644. The minimum atomic E-state index is -3.85. The Morgan fingerprint density at radius 2 is 2.17 bits per heavy atom. The molecule has 0 fully saturated rings. The van der Waals surface area contributed by atoms with Crippen molar-refractivity contribution in [3.05, 3.63) is 34.4 Å². The van der Waals surface area contributed by atoms with Crippen LogP contribution in [0.2, 0.25) is 0 Å². The first-order valence-corrected chi connectivity index (χ1v) is 6.76. The van der Waals surface area contributed by atoms with E-state index in [1.165, 1.54) is 18.2 Å². The molecule has 0 bridgehead atoms. The molecule has 100 valence electrons. The van der Waals surface area contributed by atoms with Gasteiger partial charge in [0.15, 0.2) is 0 Å². The van der Waals surface area contributed by atoms with Crippen molar-refractivity contribution >= 4 is 15.7 Å². The van der Waals surface area contributed by atoms with E-state index in [1.807, 2.05) is 0 Å².